The molecule has 1 fully saturated rings. The van der Waals surface area contributed by atoms with Crippen LogP contribution in [0.25, 0.3) is 0 Å². The van der Waals surface area contributed by atoms with Crippen molar-refractivity contribution in [1.29, 1.82) is 0 Å². The van der Waals surface area contributed by atoms with Crippen LogP contribution in [0.3, 0.4) is 0 Å². The Balaban J connectivity index is 2.31. The standard InChI is InChI=1S/C15H32N2/c1-5-7-11-17(15-8-9-15)14(4)13(3)12-16-10-6-2/h13-16H,5-12H2,1-4H3. The molecule has 0 aromatic heterocycles. The van der Waals surface area contributed by atoms with Crippen LogP contribution in [-0.4, -0.2) is 36.6 Å². The molecule has 0 radical (unpaired) electrons. The molecular weight excluding hydrogens is 208 g/mol. The Kier molecular flexibility index (Phi) is 7.14. The Morgan fingerprint density at radius 2 is 1.88 bits per heavy atom. The summed E-state index contributed by atoms with van der Waals surface area (Å²) in [5.74, 6) is 0.763. The Morgan fingerprint density at radius 3 is 2.41 bits per heavy atom. The van der Waals surface area contributed by atoms with Gasteiger partial charge in [0.15, 0.2) is 0 Å². The number of nitrogens with one attached hydrogen (secondary N) is 1. The Bertz CT molecular complexity index is 189. The zero-order valence-corrected chi connectivity index (χ0v) is 12.3. The third kappa shape index (κ3) is 5.39. The van der Waals surface area contributed by atoms with Crippen LogP contribution in [0.5, 0.6) is 0 Å². The third-order valence-electron chi connectivity index (χ3n) is 4.03. The minimum atomic E-state index is 0.735. The average molecular weight is 240 g/mol. The first-order valence-corrected chi connectivity index (χ1v) is 7.67. The van der Waals surface area contributed by atoms with Gasteiger partial charge in [0.2, 0.25) is 0 Å². The van der Waals surface area contributed by atoms with Crippen molar-refractivity contribution in [2.75, 3.05) is 19.6 Å². The summed E-state index contributed by atoms with van der Waals surface area (Å²) in [6, 6.07) is 1.64. The summed E-state index contributed by atoms with van der Waals surface area (Å²) >= 11 is 0. The Labute approximate surface area is 108 Å². The highest BCUT2D eigenvalue weighted by Gasteiger charge is 2.33. The maximum atomic E-state index is 3.56. The summed E-state index contributed by atoms with van der Waals surface area (Å²) in [5, 5.41) is 3.56. The van der Waals surface area contributed by atoms with Gasteiger partial charge in [-0.05, 0) is 58.2 Å². The van der Waals surface area contributed by atoms with E-state index in [1.165, 1.54) is 45.2 Å². The van der Waals surface area contributed by atoms with Crippen molar-refractivity contribution in [2.24, 2.45) is 5.92 Å². The van der Waals surface area contributed by atoms with E-state index in [0.29, 0.717) is 0 Å². The largest absolute Gasteiger partial charge is 0.316 e. The molecule has 17 heavy (non-hydrogen) atoms. The minimum Gasteiger partial charge on any atom is -0.316 e. The molecule has 1 saturated carbocycles. The second-order valence-electron chi connectivity index (χ2n) is 5.74. The lowest BCUT2D eigenvalue weighted by molar-refractivity contribution is 0.148. The zero-order chi connectivity index (χ0) is 12.7. The van der Waals surface area contributed by atoms with Crippen molar-refractivity contribution in [1.82, 2.24) is 10.2 Å². The SMILES string of the molecule is CCCCN(C1CC1)C(C)C(C)CNCCC. The highest BCUT2D eigenvalue weighted by molar-refractivity contribution is 4.89. The maximum absolute atomic E-state index is 3.56. The van der Waals surface area contributed by atoms with Crippen LogP contribution in [0.1, 0.15) is 59.8 Å². The van der Waals surface area contributed by atoms with Gasteiger partial charge in [0.05, 0.1) is 0 Å². The van der Waals surface area contributed by atoms with Crippen molar-refractivity contribution in [3.8, 4) is 0 Å². The molecule has 1 rings (SSSR count). The molecule has 1 N–H and O–H groups in total. The number of hydrogen-bond donors (Lipinski definition) is 1. The highest BCUT2D eigenvalue weighted by atomic mass is 15.2. The predicted molar refractivity (Wildman–Crippen MR) is 76.4 cm³/mol. The molecule has 0 bridgehead atoms. The second kappa shape index (κ2) is 8.10. The van der Waals surface area contributed by atoms with Crippen LogP contribution in [0.2, 0.25) is 0 Å². The fourth-order valence-corrected chi connectivity index (χ4v) is 2.47. The van der Waals surface area contributed by atoms with Crippen LogP contribution in [0.15, 0.2) is 0 Å². The number of hydrogen-bond acceptors (Lipinski definition) is 2. The smallest absolute Gasteiger partial charge is 0.0108 e. The monoisotopic (exact) mass is 240 g/mol. The minimum absolute atomic E-state index is 0.735. The topological polar surface area (TPSA) is 15.3 Å². The quantitative estimate of drug-likeness (QED) is 0.590. The lowest BCUT2D eigenvalue weighted by Gasteiger charge is -2.33. The molecule has 2 heteroatoms. The fourth-order valence-electron chi connectivity index (χ4n) is 2.47. The van der Waals surface area contributed by atoms with Gasteiger partial charge in [-0.3, -0.25) is 4.90 Å². The lowest BCUT2D eigenvalue weighted by atomic mass is 10.0. The van der Waals surface area contributed by atoms with E-state index in [0.717, 1.165) is 24.5 Å². The number of nitrogens with zero attached hydrogens (tertiary/aromatic N) is 1. The first kappa shape index (κ1) is 15.0. The van der Waals surface area contributed by atoms with E-state index >= 15 is 0 Å². The van der Waals surface area contributed by atoms with E-state index in [1.807, 2.05) is 0 Å². The first-order valence-electron chi connectivity index (χ1n) is 7.67. The predicted octanol–water partition coefficient (Wildman–Crippen LogP) is 3.28. The van der Waals surface area contributed by atoms with E-state index in [9.17, 15) is 0 Å². The summed E-state index contributed by atoms with van der Waals surface area (Å²) in [7, 11) is 0. The Hall–Kier alpha value is -0.0800. The molecule has 0 aliphatic heterocycles. The van der Waals surface area contributed by atoms with E-state index in [-0.39, 0.29) is 0 Å². The molecule has 2 nitrogen and oxygen atoms in total. The molecule has 0 amide bonds. The van der Waals surface area contributed by atoms with E-state index in [4.69, 9.17) is 0 Å². The molecule has 0 aromatic rings. The van der Waals surface area contributed by atoms with E-state index in [2.05, 4.69) is 37.9 Å². The van der Waals surface area contributed by atoms with Crippen molar-refractivity contribution in [3.05, 3.63) is 0 Å². The maximum Gasteiger partial charge on any atom is 0.0108 e. The van der Waals surface area contributed by atoms with Gasteiger partial charge in [0, 0.05) is 12.1 Å². The summed E-state index contributed by atoms with van der Waals surface area (Å²) in [4.78, 5) is 2.77. The molecule has 0 spiro atoms. The van der Waals surface area contributed by atoms with Crippen LogP contribution in [0.4, 0.5) is 0 Å². The fraction of sp³-hybridized carbons (Fsp3) is 1.00. The molecule has 0 saturated heterocycles. The van der Waals surface area contributed by atoms with Crippen molar-refractivity contribution in [2.45, 2.75) is 71.9 Å². The molecular formula is C15H32N2. The van der Waals surface area contributed by atoms with E-state index < -0.39 is 0 Å². The van der Waals surface area contributed by atoms with Gasteiger partial charge in [0.1, 0.15) is 0 Å². The zero-order valence-electron chi connectivity index (χ0n) is 12.3. The number of unbranched alkanes of at least 4 members (excludes halogenated alkanes) is 1. The van der Waals surface area contributed by atoms with Crippen molar-refractivity contribution >= 4 is 0 Å². The molecule has 0 heterocycles. The molecule has 102 valence electrons. The molecule has 1 aliphatic rings. The van der Waals surface area contributed by atoms with Gasteiger partial charge in [-0.15, -0.1) is 0 Å². The van der Waals surface area contributed by atoms with Gasteiger partial charge < -0.3 is 5.32 Å². The third-order valence-corrected chi connectivity index (χ3v) is 4.03. The van der Waals surface area contributed by atoms with Crippen LogP contribution < -0.4 is 5.32 Å². The highest BCUT2D eigenvalue weighted by Crippen LogP contribution is 2.30. The normalized spacial score (nSPS) is 19.6. The lowest BCUT2D eigenvalue weighted by Crippen LogP contribution is -2.43. The Morgan fingerprint density at radius 1 is 1.18 bits per heavy atom. The van der Waals surface area contributed by atoms with Crippen molar-refractivity contribution < 1.29 is 0 Å². The van der Waals surface area contributed by atoms with Crippen molar-refractivity contribution in [3.63, 3.8) is 0 Å². The first-order chi connectivity index (χ1) is 8.20. The average Bonchev–Trinajstić information content (AvgIpc) is 3.14. The van der Waals surface area contributed by atoms with Gasteiger partial charge in [-0.1, -0.05) is 27.2 Å². The van der Waals surface area contributed by atoms with Gasteiger partial charge >= 0.3 is 0 Å². The molecule has 2 atom stereocenters. The van der Waals surface area contributed by atoms with Crippen LogP contribution >= 0.6 is 0 Å². The molecule has 1 aliphatic carbocycles. The summed E-state index contributed by atoms with van der Waals surface area (Å²) in [6.45, 7) is 13.0. The van der Waals surface area contributed by atoms with E-state index in [1.54, 1.807) is 0 Å². The summed E-state index contributed by atoms with van der Waals surface area (Å²) in [5.41, 5.74) is 0. The van der Waals surface area contributed by atoms with Gasteiger partial charge in [-0.2, -0.15) is 0 Å². The summed E-state index contributed by atoms with van der Waals surface area (Å²) < 4.78 is 0. The second-order valence-corrected chi connectivity index (χ2v) is 5.74. The summed E-state index contributed by atoms with van der Waals surface area (Å²) in [6.07, 6.45) is 6.78. The molecule has 0 aromatic carbocycles. The molecule has 2 unspecified atom stereocenters. The van der Waals surface area contributed by atoms with Gasteiger partial charge in [0.25, 0.3) is 0 Å². The van der Waals surface area contributed by atoms with Crippen LogP contribution in [0, 0.1) is 5.92 Å². The van der Waals surface area contributed by atoms with Gasteiger partial charge in [-0.25, -0.2) is 0 Å². The van der Waals surface area contributed by atoms with Crippen LogP contribution in [-0.2, 0) is 0 Å². The number of rotatable bonds is 10.